The van der Waals surface area contributed by atoms with Crippen LogP contribution in [0.5, 0.6) is 0 Å². The van der Waals surface area contributed by atoms with Crippen molar-refractivity contribution in [3.05, 3.63) is 74.3 Å². The van der Waals surface area contributed by atoms with Crippen LogP contribution in [0.1, 0.15) is 41.1 Å². The number of carbonyl (C=O) groups is 2. The summed E-state index contributed by atoms with van der Waals surface area (Å²) in [7, 11) is 0. The Morgan fingerprint density at radius 1 is 0.909 bits per heavy atom. The number of rotatable bonds is 2. The molecule has 0 saturated carbocycles. The van der Waals surface area contributed by atoms with Gasteiger partial charge in [0.05, 0.1) is 10.5 Å². The van der Waals surface area contributed by atoms with Gasteiger partial charge in [0.25, 0.3) is 5.69 Å². The lowest BCUT2D eigenvalue weighted by molar-refractivity contribution is -0.385. The van der Waals surface area contributed by atoms with E-state index in [0.717, 1.165) is 0 Å². The van der Waals surface area contributed by atoms with Crippen molar-refractivity contribution in [2.45, 2.75) is 3.74 Å². The minimum absolute atomic E-state index is 0.0693. The van der Waals surface area contributed by atoms with Crippen LogP contribution in [0.3, 0.4) is 0 Å². The third kappa shape index (κ3) is 2.21. The molecule has 0 unspecified atom stereocenters. The molecule has 0 radical (unpaired) electrons. The molecule has 0 fully saturated rings. The van der Waals surface area contributed by atoms with Gasteiger partial charge in [0.2, 0.25) is 0 Å². The molecule has 2 aromatic carbocycles. The van der Waals surface area contributed by atoms with Gasteiger partial charge in [0.15, 0.2) is 11.6 Å². The number of nitro benzene ring substituents is 1. The fourth-order valence-corrected chi connectivity index (χ4v) is 3.22. The van der Waals surface area contributed by atoms with Gasteiger partial charge in [-0.15, -0.1) is 0 Å². The number of hydrogen-bond acceptors (Lipinski definition) is 4. The fraction of sp³-hybridized carbons (Fsp3) is 0.0667. The van der Waals surface area contributed by atoms with Crippen LogP contribution in [-0.2, 0) is 0 Å². The first-order valence-corrected chi connectivity index (χ1v) is 8.04. The Kier molecular flexibility index (Phi) is 3.70. The van der Waals surface area contributed by atoms with Crippen molar-refractivity contribution < 1.29 is 14.5 Å². The van der Waals surface area contributed by atoms with Gasteiger partial charge < -0.3 is 0 Å². The van der Waals surface area contributed by atoms with E-state index in [1.165, 1.54) is 12.1 Å². The van der Waals surface area contributed by atoms with Gasteiger partial charge in [-0.05, 0) is 6.07 Å². The lowest BCUT2D eigenvalue weighted by Gasteiger charge is -2.18. The number of alkyl halides is 2. The number of halogens is 2. The topological polar surface area (TPSA) is 77.3 Å². The van der Waals surface area contributed by atoms with E-state index in [9.17, 15) is 19.7 Å². The number of nitro groups is 1. The molecule has 110 valence electrons. The zero-order valence-electron chi connectivity index (χ0n) is 10.9. The lowest BCUT2D eigenvalue weighted by Crippen LogP contribution is -2.21. The van der Waals surface area contributed by atoms with Crippen LogP contribution in [0.2, 0.25) is 0 Å². The van der Waals surface area contributed by atoms with Crippen molar-refractivity contribution in [3.8, 4) is 0 Å². The maximum Gasteiger partial charge on any atom is 0.275 e. The summed E-state index contributed by atoms with van der Waals surface area (Å²) in [5, 5.41) is 11.2. The maximum atomic E-state index is 12.6. The normalized spacial score (nSPS) is 13.0. The minimum atomic E-state index is -0.566. The van der Waals surface area contributed by atoms with E-state index in [4.69, 9.17) is 0 Å². The average molecular weight is 425 g/mol. The molecule has 3 rings (SSSR count). The predicted molar refractivity (Wildman–Crippen MR) is 87.0 cm³/mol. The molecular weight excluding hydrogens is 418 g/mol. The Bertz CT molecular complexity index is 845. The Labute approximate surface area is 141 Å². The Morgan fingerprint density at radius 2 is 1.41 bits per heavy atom. The third-order valence-corrected chi connectivity index (χ3v) is 4.49. The first-order valence-electron chi connectivity index (χ1n) is 6.20. The van der Waals surface area contributed by atoms with Crippen molar-refractivity contribution in [1.82, 2.24) is 0 Å². The zero-order chi connectivity index (χ0) is 16.0. The predicted octanol–water partition coefficient (Wildman–Crippen LogP) is 4.16. The highest BCUT2D eigenvalue weighted by molar-refractivity contribution is 9.24. The second-order valence-corrected chi connectivity index (χ2v) is 7.78. The highest BCUT2D eigenvalue weighted by Crippen LogP contribution is 2.39. The van der Waals surface area contributed by atoms with Crippen molar-refractivity contribution in [2.24, 2.45) is 0 Å². The second kappa shape index (κ2) is 5.40. The Hall–Kier alpha value is -1.86. The molecule has 0 heterocycles. The van der Waals surface area contributed by atoms with E-state index in [1.807, 2.05) is 0 Å². The van der Waals surface area contributed by atoms with E-state index >= 15 is 0 Å². The molecule has 0 aliphatic heterocycles. The molecule has 0 atom stereocenters. The molecule has 0 N–H and O–H groups in total. The van der Waals surface area contributed by atoms with E-state index in [-0.39, 0.29) is 33.9 Å². The van der Waals surface area contributed by atoms with Crippen LogP contribution in [0.4, 0.5) is 5.69 Å². The summed E-state index contributed by atoms with van der Waals surface area (Å²) in [5.74, 6) is -0.678. The number of ketones is 2. The van der Waals surface area contributed by atoms with Gasteiger partial charge in [-0.2, -0.15) is 0 Å². The van der Waals surface area contributed by atoms with E-state index in [0.29, 0.717) is 11.1 Å². The first-order chi connectivity index (χ1) is 10.4. The number of carbonyl (C=O) groups excluding carboxylic acids is 2. The van der Waals surface area contributed by atoms with Crippen molar-refractivity contribution >= 4 is 49.1 Å². The molecule has 1 aliphatic rings. The molecule has 22 heavy (non-hydrogen) atoms. The standard InChI is InChI=1S/C15H7Br2NO4/c16-15(17)11-5-9-10(6-12(11)18(21)22)14(20)8-4-2-1-3-7(8)13(9)19/h1-6,15H. The quantitative estimate of drug-likeness (QED) is 0.351. The summed E-state index contributed by atoms with van der Waals surface area (Å²) >= 11 is 6.42. The molecule has 0 bridgehead atoms. The molecule has 0 spiro atoms. The van der Waals surface area contributed by atoms with Crippen molar-refractivity contribution in [3.63, 3.8) is 0 Å². The molecule has 0 saturated heterocycles. The molecule has 7 heteroatoms. The summed E-state index contributed by atoms with van der Waals surface area (Å²) in [4.78, 5) is 35.7. The van der Waals surface area contributed by atoms with Crippen LogP contribution in [-0.4, -0.2) is 16.5 Å². The molecule has 0 aromatic heterocycles. The van der Waals surface area contributed by atoms with Crippen LogP contribution in [0, 0.1) is 10.1 Å². The van der Waals surface area contributed by atoms with Crippen LogP contribution >= 0.6 is 31.9 Å². The number of fused-ring (bicyclic) bond motifs is 2. The van der Waals surface area contributed by atoms with Gasteiger partial charge in [0, 0.05) is 28.3 Å². The van der Waals surface area contributed by atoms with Crippen LogP contribution in [0.25, 0.3) is 0 Å². The summed E-state index contributed by atoms with van der Waals surface area (Å²) < 4.78 is -0.495. The highest BCUT2D eigenvalue weighted by atomic mass is 79.9. The summed E-state index contributed by atoms with van der Waals surface area (Å²) in [6.45, 7) is 0. The smallest absolute Gasteiger partial charge is 0.275 e. The first kappa shape index (κ1) is 15.1. The van der Waals surface area contributed by atoms with Crippen LogP contribution < -0.4 is 0 Å². The highest BCUT2D eigenvalue weighted by Gasteiger charge is 2.33. The maximum absolute atomic E-state index is 12.6. The zero-order valence-corrected chi connectivity index (χ0v) is 14.0. The fourth-order valence-electron chi connectivity index (χ4n) is 2.48. The summed E-state index contributed by atoms with van der Waals surface area (Å²) in [6.07, 6.45) is 0. The number of nitrogens with zero attached hydrogens (tertiary/aromatic N) is 1. The molecule has 2 aromatic rings. The van der Waals surface area contributed by atoms with Gasteiger partial charge in [-0.25, -0.2) is 0 Å². The van der Waals surface area contributed by atoms with Gasteiger partial charge in [0.1, 0.15) is 3.74 Å². The Balaban J connectivity index is 2.31. The molecular formula is C15H7Br2NO4. The largest absolute Gasteiger partial charge is 0.289 e. The van der Waals surface area contributed by atoms with Gasteiger partial charge in [-0.3, -0.25) is 19.7 Å². The van der Waals surface area contributed by atoms with Crippen molar-refractivity contribution in [2.75, 3.05) is 0 Å². The van der Waals surface area contributed by atoms with Crippen molar-refractivity contribution in [1.29, 1.82) is 0 Å². The van der Waals surface area contributed by atoms with Crippen LogP contribution in [0.15, 0.2) is 36.4 Å². The summed E-state index contributed by atoms with van der Waals surface area (Å²) in [6, 6.07) is 9.05. The molecule has 5 nitrogen and oxygen atoms in total. The van der Waals surface area contributed by atoms with E-state index in [1.54, 1.807) is 24.3 Å². The third-order valence-electron chi connectivity index (χ3n) is 3.50. The number of hydrogen-bond donors (Lipinski definition) is 0. The monoisotopic (exact) mass is 423 g/mol. The SMILES string of the molecule is O=C1c2ccccc2C(=O)c2cc([N+](=O)[O-])c(C(Br)Br)cc21. The van der Waals surface area contributed by atoms with Gasteiger partial charge in [-0.1, -0.05) is 56.1 Å². The molecule has 1 aliphatic carbocycles. The molecule has 0 amide bonds. The van der Waals surface area contributed by atoms with E-state index in [2.05, 4.69) is 31.9 Å². The number of benzene rings is 2. The lowest BCUT2D eigenvalue weighted by atomic mass is 9.83. The second-order valence-electron chi connectivity index (χ2n) is 4.72. The summed E-state index contributed by atoms with van der Waals surface area (Å²) in [5.41, 5.74) is 0.937. The average Bonchev–Trinajstić information content (AvgIpc) is 2.51. The van der Waals surface area contributed by atoms with E-state index < -0.39 is 8.66 Å². The Morgan fingerprint density at radius 3 is 1.86 bits per heavy atom. The minimum Gasteiger partial charge on any atom is -0.289 e. The van der Waals surface area contributed by atoms with Gasteiger partial charge >= 0.3 is 0 Å².